The van der Waals surface area contributed by atoms with Gasteiger partial charge in [-0.05, 0) is 27.9 Å². The van der Waals surface area contributed by atoms with Crippen LogP contribution < -0.4 is 0 Å². The molecule has 0 aliphatic carbocycles. The number of hydrogen-bond donors (Lipinski definition) is 1. The number of likely N-dealkylation sites (N-methyl/N-ethyl adjacent to an activating group) is 1. The highest BCUT2D eigenvalue weighted by molar-refractivity contribution is 4.98. The molecule has 0 radical (unpaired) electrons. The van der Waals surface area contributed by atoms with E-state index in [1.165, 1.54) is 0 Å². The van der Waals surface area contributed by atoms with E-state index in [0.29, 0.717) is 6.54 Å². The van der Waals surface area contributed by atoms with Crippen molar-refractivity contribution in [3.63, 3.8) is 0 Å². The molecule has 0 aromatic heterocycles. The minimum Gasteiger partial charge on any atom is -0.388 e. The van der Waals surface area contributed by atoms with Crippen molar-refractivity contribution >= 4 is 0 Å². The first-order valence-electron chi connectivity index (χ1n) is 3.50. The Kier molecular flexibility index (Phi) is 4.32. The van der Waals surface area contributed by atoms with E-state index in [9.17, 15) is 5.11 Å². The summed E-state index contributed by atoms with van der Waals surface area (Å²) in [6.45, 7) is 4.67. The van der Waals surface area contributed by atoms with Gasteiger partial charge < -0.3 is 10.0 Å². The van der Waals surface area contributed by atoms with Crippen molar-refractivity contribution in [3.8, 4) is 0 Å². The van der Waals surface area contributed by atoms with E-state index in [2.05, 4.69) is 0 Å². The Morgan fingerprint density at radius 2 is 2.00 bits per heavy atom. The fourth-order valence-electron chi connectivity index (χ4n) is 0.812. The zero-order valence-corrected chi connectivity index (χ0v) is 7.26. The molecular weight excluding hydrogens is 126 g/mol. The third-order valence-corrected chi connectivity index (χ3v) is 1.08. The lowest BCUT2D eigenvalue weighted by Crippen LogP contribution is -2.24. The second-order valence-corrected chi connectivity index (χ2v) is 3.07. The molecule has 0 amide bonds. The van der Waals surface area contributed by atoms with Crippen LogP contribution in [0.4, 0.5) is 0 Å². The van der Waals surface area contributed by atoms with Crippen LogP contribution in [0.25, 0.3) is 0 Å². The van der Waals surface area contributed by atoms with E-state index >= 15 is 0 Å². The normalized spacial score (nSPS) is 13.4. The standard InChI is InChI=1S/C8H17NO/c1-7(2)5-8(10)6-9(3)4/h5,8,10H,6H2,1-4H3. The second-order valence-electron chi connectivity index (χ2n) is 3.07. The quantitative estimate of drug-likeness (QED) is 0.593. The van der Waals surface area contributed by atoms with E-state index in [4.69, 9.17) is 0 Å². The van der Waals surface area contributed by atoms with Gasteiger partial charge in [0.05, 0.1) is 6.10 Å². The molecule has 0 rings (SSSR count). The van der Waals surface area contributed by atoms with Gasteiger partial charge in [-0.15, -0.1) is 0 Å². The van der Waals surface area contributed by atoms with Crippen molar-refractivity contribution in [1.82, 2.24) is 4.90 Å². The highest BCUT2D eigenvalue weighted by Gasteiger charge is 1.99. The first kappa shape index (κ1) is 9.66. The molecule has 0 saturated carbocycles. The summed E-state index contributed by atoms with van der Waals surface area (Å²) in [5, 5.41) is 9.27. The SMILES string of the molecule is CC(C)=CC(O)CN(C)C. The molecule has 60 valence electrons. The van der Waals surface area contributed by atoms with Gasteiger partial charge in [0.25, 0.3) is 0 Å². The maximum absolute atomic E-state index is 9.27. The number of aliphatic hydroxyl groups is 1. The highest BCUT2D eigenvalue weighted by Crippen LogP contribution is 1.94. The summed E-state index contributed by atoms with van der Waals surface area (Å²) in [5.41, 5.74) is 1.16. The third kappa shape index (κ3) is 5.79. The molecule has 10 heavy (non-hydrogen) atoms. The Labute approximate surface area is 63.2 Å². The topological polar surface area (TPSA) is 23.5 Å². The van der Waals surface area contributed by atoms with Crippen LogP contribution in [-0.4, -0.2) is 36.8 Å². The number of rotatable bonds is 3. The van der Waals surface area contributed by atoms with Crippen LogP contribution in [0, 0.1) is 0 Å². The Bertz CT molecular complexity index is 114. The maximum Gasteiger partial charge on any atom is 0.0850 e. The van der Waals surface area contributed by atoms with E-state index in [1.54, 1.807) is 0 Å². The maximum atomic E-state index is 9.27. The van der Waals surface area contributed by atoms with Gasteiger partial charge in [0.1, 0.15) is 0 Å². The summed E-state index contributed by atoms with van der Waals surface area (Å²) in [5.74, 6) is 0. The third-order valence-electron chi connectivity index (χ3n) is 1.08. The Morgan fingerprint density at radius 3 is 2.30 bits per heavy atom. The predicted molar refractivity (Wildman–Crippen MR) is 44.0 cm³/mol. The predicted octanol–water partition coefficient (Wildman–Crippen LogP) is 0.875. The number of nitrogens with zero attached hydrogens (tertiary/aromatic N) is 1. The van der Waals surface area contributed by atoms with Gasteiger partial charge in [0.15, 0.2) is 0 Å². The van der Waals surface area contributed by atoms with Crippen LogP contribution in [0.5, 0.6) is 0 Å². The van der Waals surface area contributed by atoms with Gasteiger partial charge in [0.2, 0.25) is 0 Å². The summed E-state index contributed by atoms with van der Waals surface area (Å²) in [4.78, 5) is 1.96. The summed E-state index contributed by atoms with van der Waals surface area (Å²) >= 11 is 0. The van der Waals surface area contributed by atoms with E-state index in [0.717, 1.165) is 5.57 Å². The molecular formula is C8H17NO. The van der Waals surface area contributed by atoms with Gasteiger partial charge >= 0.3 is 0 Å². The lowest BCUT2D eigenvalue weighted by Gasteiger charge is -2.12. The summed E-state index contributed by atoms with van der Waals surface area (Å²) < 4.78 is 0. The summed E-state index contributed by atoms with van der Waals surface area (Å²) in [6, 6.07) is 0. The molecule has 0 fully saturated rings. The van der Waals surface area contributed by atoms with Crippen molar-refractivity contribution in [1.29, 1.82) is 0 Å². The molecule has 0 aliphatic heterocycles. The molecule has 2 nitrogen and oxygen atoms in total. The van der Waals surface area contributed by atoms with Crippen LogP contribution >= 0.6 is 0 Å². The molecule has 0 heterocycles. The van der Waals surface area contributed by atoms with Crippen molar-refractivity contribution in [2.45, 2.75) is 20.0 Å². The smallest absolute Gasteiger partial charge is 0.0850 e. The van der Waals surface area contributed by atoms with Gasteiger partial charge in [-0.2, -0.15) is 0 Å². The average Bonchev–Trinajstić information content (AvgIpc) is 1.58. The van der Waals surface area contributed by atoms with Gasteiger partial charge in [-0.25, -0.2) is 0 Å². The molecule has 0 saturated heterocycles. The number of allylic oxidation sites excluding steroid dienone is 1. The fourth-order valence-corrected chi connectivity index (χ4v) is 0.812. The average molecular weight is 143 g/mol. The molecule has 1 N–H and O–H groups in total. The zero-order chi connectivity index (χ0) is 8.15. The summed E-state index contributed by atoms with van der Waals surface area (Å²) in [7, 11) is 3.89. The van der Waals surface area contributed by atoms with Crippen molar-refractivity contribution in [2.75, 3.05) is 20.6 Å². The van der Waals surface area contributed by atoms with Gasteiger partial charge in [-0.3, -0.25) is 0 Å². The van der Waals surface area contributed by atoms with Crippen LogP contribution in [-0.2, 0) is 0 Å². The van der Waals surface area contributed by atoms with E-state index in [-0.39, 0.29) is 6.10 Å². The lowest BCUT2D eigenvalue weighted by molar-refractivity contribution is 0.177. The molecule has 1 unspecified atom stereocenters. The monoisotopic (exact) mass is 143 g/mol. The van der Waals surface area contributed by atoms with Crippen LogP contribution in [0.2, 0.25) is 0 Å². The lowest BCUT2D eigenvalue weighted by atomic mass is 10.2. The molecule has 0 aromatic carbocycles. The Balaban J connectivity index is 3.64. The Hall–Kier alpha value is -0.340. The first-order valence-corrected chi connectivity index (χ1v) is 3.50. The van der Waals surface area contributed by atoms with Gasteiger partial charge in [0, 0.05) is 6.54 Å². The van der Waals surface area contributed by atoms with Crippen molar-refractivity contribution in [3.05, 3.63) is 11.6 Å². The van der Waals surface area contributed by atoms with Crippen LogP contribution in [0.15, 0.2) is 11.6 Å². The fraction of sp³-hybridized carbons (Fsp3) is 0.750. The first-order chi connectivity index (χ1) is 4.52. The van der Waals surface area contributed by atoms with Crippen molar-refractivity contribution in [2.24, 2.45) is 0 Å². The number of aliphatic hydroxyl groups excluding tert-OH is 1. The van der Waals surface area contributed by atoms with Crippen LogP contribution in [0.1, 0.15) is 13.8 Å². The zero-order valence-electron chi connectivity index (χ0n) is 7.26. The Morgan fingerprint density at radius 1 is 1.50 bits per heavy atom. The minimum absolute atomic E-state index is 0.319. The van der Waals surface area contributed by atoms with E-state index < -0.39 is 0 Å². The largest absolute Gasteiger partial charge is 0.388 e. The second kappa shape index (κ2) is 4.47. The molecule has 0 aliphatic rings. The molecule has 0 spiro atoms. The minimum atomic E-state index is -0.319. The number of hydrogen-bond acceptors (Lipinski definition) is 2. The molecule has 0 bridgehead atoms. The van der Waals surface area contributed by atoms with E-state index in [1.807, 2.05) is 38.9 Å². The summed E-state index contributed by atoms with van der Waals surface area (Å²) in [6.07, 6.45) is 1.54. The van der Waals surface area contributed by atoms with Gasteiger partial charge in [-0.1, -0.05) is 11.6 Å². The highest BCUT2D eigenvalue weighted by atomic mass is 16.3. The molecule has 2 heteroatoms. The molecule has 1 atom stereocenters. The van der Waals surface area contributed by atoms with Crippen molar-refractivity contribution < 1.29 is 5.11 Å². The van der Waals surface area contributed by atoms with Crippen LogP contribution in [0.3, 0.4) is 0 Å². The molecule has 0 aromatic rings.